The van der Waals surface area contributed by atoms with Gasteiger partial charge < -0.3 is 14.9 Å². The molecular formula is C14H23N3O2S. The van der Waals surface area contributed by atoms with E-state index in [1.807, 2.05) is 13.8 Å². The molecule has 0 atom stereocenters. The van der Waals surface area contributed by atoms with Gasteiger partial charge in [0.2, 0.25) is 0 Å². The largest absolute Gasteiger partial charge is 0.477 e. The van der Waals surface area contributed by atoms with Crippen LogP contribution in [-0.2, 0) is 6.42 Å². The van der Waals surface area contributed by atoms with Crippen LogP contribution in [0.25, 0.3) is 0 Å². The van der Waals surface area contributed by atoms with Gasteiger partial charge in [-0.1, -0.05) is 13.8 Å². The summed E-state index contributed by atoms with van der Waals surface area (Å²) < 4.78 is 0. The first-order valence-electron chi connectivity index (χ1n) is 7.11. The molecule has 2 rings (SSSR count). The second-order valence-electron chi connectivity index (χ2n) is 5.68. The Morgan fingerprint density at radius 3 is 2.50 bits per heavy atom. The number of carboxylic acid groups (broad SMARTS) is 1. The van der Waals surface area contributed by atoms with Crippen molar-refractivity contribution in [1.29, 1.82) is 0 Å². The number of thiazole rings is 1. The fourth-order valence-electron chi connectivity index (χ4n) is 2.35. The van der Waals surface area contributed by atoms with Gasteiger partial charge in [0, 0.05) is 39.1 Å². The Hall–Kier alpha value is -0.980. The molecule has 0 radical (unpaired) electrons. The lowest BCUT2D eigenvalue weighted by Crippen LogP contribution is -2.45. The van der Waals surface area contributed by atoms with E-state index in [-0.39, 0.29) is 5.92 Å². The third-order valence-electron chi connectivity index (χ3n) is 3.68. The smallest absolute Gasteiger partial charge is 0.347 e. The average molecular weight is 297 g/mol. The molecule has 0 spiro atoms. The molecule has 1 aliphatic rings. The summed E-state index contributed by atoms with van der Waals surface area (Å²) in [6.07, 6.45) is 0.849. The molecule has 0 unspecified atom stereocenters. The highest BCUT2D eigenvalue weighted by molar-refractivity contribution is 7.13. The lowest BCUT2D eigenvalue weighted by molar-refractivity contribution is 0.0700. The van der Waals surface area contributed by atoms with Crippen molar-refractivity contribution >= 4 is 17.3 Å². The van der Waals surface area contributed by atoms with Gasteiger partial charge in [-0.15, -0.1) is 11.3 Å². The summed E-state index contributed by atoms with van der Waals surface area (Å²) in [6, 6.07) is 0. The van der Waals surface area contributed by atoms with Gasteiger partial charge in [-0.05, 0) is 13.0 Å². The van der Waals surface area contributed by atoms with Gasteiger partial charge in [0.1, 0.15) is 4.88 Å². The zero-order chi connectivity index (χ0) is 14.7. The van der Waals surface area contributed by atoms with Crippen LogP contribution in [0.2, 0.25) is 0 Å². The molecule has 0 aliphatic carbocycles. The van der Waals surface area contributed by atoms with Crippen LogP contribution in [0.3, 0.4) is 0 Å². The Morgan fingerprint density at radius 2 is 2.00 bits per heavy atom. The standard InChI is InChI=1S/C14H23N3O2S/c1-10(2)12-13(14(18)19)20-11(15-12)4-5-17-8-6-16(3)7-9-17/h10H,4-9H2,1-3H3,(H,18,19). The van der Waals surface area contributed by atoms with Crippen LogP contribution in [0, 0.1) is 0 Å². The van der Waals surface area contributed by atoms with E-state index in [1.54, 1.807) is 0 Å². The molecule has 1 aromatic heterocycles. The van der Waals surface area contributed by atoms with Crippen molar-refractivity contribution in [2.75, 3.05) is 39.8 Å². The Morgan fingerprint density at radius 1 is 1.35 bits per heavy atom. The minimum atomic E-state index is -0.850. The molecule has 0 aromatic carbocycles. The molecule has 0 amide bonds. The maximum Gasteiger partial charge on any atom is 0.347 e. The second-order valence-corrected chi connectivity index (χ2v) is 6.76. The van der Waals surface area contributed by atoms with Gasteiger partial charge in [0.05, 0.1) is 10.7 Å². The van der Waals surface area contributed by atoms with Gasteiger partial charge in [-0.25, -0.2) is 9.78 Å². The number of rotatable bonds is 5. The van der Waals surface area contributed by atoms with E-state index in [2.05, 4.69) is 21.8 Å². The number of hydrogen-bond donors (Lipinski definition) is 1. The first-order chi connectivity index (χ1) is 9.47. The number of carboxylic acids is 1. The molecule has 6 heteroatoms. The fourth-order valence-corrected chi connectivity index (χ4v) is 3.40. The fraction of sp³-hybridized carbons (Fsp3) is 0.714. The number of nitrogens with zero attached hydrogens (tertiary/aromatic N) is 3. The van der Waals surface area contributed by atoms with Gasteiger partial charge in [0.15, 0.2) is 0 Å². The summed E-state index contributed by atoms with van der Waals surface area (Å²) in [4.78, 5) is 20.9. The lowest BCUT2D eigenvalue weighted by atomic mass is 10.1. The first-order valence-corrected chi connectivity index (χ1v) is 7.92. The molecule has 0 bridgehead atoms. The highest BCUT2D eigenvalue weighted by Gasteiger charge is 2.20. The zero-order valence-corrected chi connectivity index (χ0v) is 13.2. The quantitative estimate of drug-likeness (QED) is 0.897. The molecule has 112 valence electrons. The van der Waals surface area contributed by atoms with Crippen molar-refractivity contribution in [3.05, 3.63) is 15.6 Å². The Balaban J connectivity index is 1.96. The minimum Gasteiger partial charge on any atom is -0.477 e. The molecule has 20 heavy (non-hydrogen) atoms. The van der Waals surface area contributed by atoms with E-state index < -0.39 is 5.97 Å². The number of aromatic carboxylic acids is 1. The van der Waals surface area contributed by atoms with Crippen LogP contribution in [0.4, 0.5) is 0 Å². The maximum atomic E-state index is 11.2. The van der Waals surface area contributed by atoms with Gasteiger partial charge in [0.25, 0.3) is 0 Å². The van der Waals surface area contributed by atoms with Gasteiger partial charge >= 0.3 is 5.97 Å². The van der Waals surface area contributed by atoms with E-state index in [0.29, 0.717) is 4.88 Å². The molecular weight excluding hydrogens is 274 g/mol. The summed E-state index contributed by atoms with van der Waals surface area (Å²) in [6.45, 7) is 9.34. The van der Waals surface area contributed by atoms with E-state index >= 15 is 0 Å². The Bertz CT molecular complexity index is 465. The summed E-state index contributed by atoms with van der Waals surface area (Å²) in [5.74, 6) is -0.688. The van der Waals surface area contributed by atoms with Crippen LogP contribution in [0.15, 0.2) is 0 Å². The molecule has 0 saturated carbocycles. The first kappa shape index (κ1) is 15.4. The third-order valence-corrected chi connectivity index (χ3v) is 4.80. The topological polar surface area (TPSA) is 56.7 Å². The van der Waals surface area contributed by atoms with Gasteiger partial charge in [-0.3, -0.25) is 0 Å². The van der Waals surface area contributed by atoms with Crippen molar-refractivity contribution < 1.29 is 9.90 Å². The number of likely N-dealkylation sites (N-methyl/N-ethyl adjacent to an activating group) is 1. The summed E-state index contributed by atoms with van der Waals surface area (Å²) >= 11 is 1.34. The SMILES string of the molecule is CC(C)c1nc(CCN2CCN(C)CC2)sc1C(=O)O. The third kappa shape index (κ3) is 3.77. The predicted octanol–water partition coefficient (Wildman–Crippen LogP) is 1.75. The summed E-state index contributed by atoms with van der Waals surface area (Å²) in [5.41, 5.74) is 0.732. The van der Waals surface area contributed by atoms with Crippen LogP contribution in [-0.4, -0.2) is 65.6 Å². The van der Waals surface area contributed by atoms with Gasteiger partial charge in [-0.2, -0.15) is 0 Å². The van der Waals surface area contributed by atoms with E-state index in [0.717, 1.165) is 49.8 Å². The highest BCUT2D eigenvalue weighted by atomic mass is 32.1. The molecule has 1 aliphatic heterocycles. The molecule has 5 nitrogen and oxygen atoms in total. The van der Waals surface area contributed by atoms with E-state index in [1.165, 1.54) is 11.3 Å². The summed E-state index contributed by atoms with van der Waals surface area (Å²) in [5, 5.41) is 10.2. The van der Waals surface area contributed by atoms with E-state index in [9.17, 15) is 9.90 Å². The maximum absolute atomic E-state index is 11.2. The predicted molar refractivity (Wildman–Crippen MR) is 80.8 cm³/mol. The lowest BCUT2D eigenvalue weighted by Gasteiger charge is -2.32. The number of hydrogen-bond acceptors (Lipinski definition) is 5. The van der Waals surface area contributed by atoms with Crippen LogP contribution >= 0.6 is 11.3 Å². The van der Waals surface area contributed by atoms with E-state index in [4.69, 9.17) is 0 Å². The second kappa shape index (κ2) is 6.65. The van der Waals surface area contributed by atoms with Crippen molar-refractivity contribution in [2.24, 2.45) is 0 Å². The van der Waals surface area contributed by atoms with Crippen molar-refractivity contribution in [1.82, 2.24) is 14.8 Å². The molecule has 2 heterocycles. The van der Waals surface area contributed by atoms with Crippen molar-refractivity contribution in [3.63, 3.8) is 0 Å². The van der Waals surface area contributed by atoms with Crippen molar-refractivity contribution in [2.45, 2.75) is 26.2 Å². The van der Waals surface area contributed by atoms with Crippen LogP contribution < -0.4 is 0 Å². The molecule has 1 fully saturated rings. The van der Waals surface area contributed by atoms with Crippen molar-refractivity contribution in [3.8, 4) is 0 Å². The zero-order valence-electron chi connectivity index (χ0n) is 12.4. The van der Waals surface area contributed by atoms with Crippen LogP contribution in [0.1, 0.15) is 40.1 Å². The average Bonchev–Trinajstić information content (AvgIpc) is 2.83. The monoisotopic (exact) mass is 297 g/mol. The Labute approximate surface area is 124 Å². The number of aromatic nitrogens is 1. The number of carbonyl (C=O) groups is 1. The number of piperazine rings is 1. The van der Waals surface area contributed by atoms with Crippen LogP contribution in [0.5, 0.6) is 0 Å². The normalized spacial score (nSPS) is 17.8. The minimum absolute atomic E-state index is 0.162. The molecule has 1 N–H and O–H groups in total. The molecule has 1 aromatic rings. The highest BCUT2D eigenvalue weighted by Crippen LogP contribution is 2.25. The molecule has 1 saturated heterocycles. The summed E-state index contributed by atoms with van der Waals surface area (Å²) in [7, 11) is 2.15. The Kier molecular flexibility index (Phi) is 5.12.